The van der Waals surface area contributed by atoms with Gasteiger partial charge in [0.1, 0.15) is 17.5 Å². The summed E-state index contributed by atoms with van der Waals surface area (Å²) in [6.07, 6.45) is 3.34. The number of amides is 2. The number of halogens is 1. The first kappa shape index (κ1) is 17.8. The first-order chi connectivity index (χ1) is 12.5. The molecule has 2 amide bonds. The van der Waals surface area contributed by atoms with Crippen LogP contribution in [-0.4, -0.2) is 26.6 Å². The van der Waals surface area contributed by atoms with Gasteiger partial charge in [0.2, 0.25) is 11.8 Å². The summed E-state index contributed by atoms with van der Waals surface area (Å²) in [6.45, 7) is 6.14. The van der Waals surface area contributed by atoms with Crippen LogP contribution in [0.15, 0.2) is 30.9 Å². The average molecular weight is 357 g/mol. The van der Waals surface area contributed by atoms with Crippen molar-refractivity contribution in [1.29, 1.82) is 0 Å². The van der Waals surface area contributed by atoms with Crippen molar-refractivity contribution in [2.45, 2.75) is 38.6 Å². The normalized spacial score (nSPS) is 15.8. The molecule has 136 valence electrons. The van der Waals surface area contributed by atoms with E-state index in [2.05, 4.69) is 27.4 Å². The van der Waals surface area contributed by atoms with E-state index in [4.69, 9.17) is 0 Å². The zero-order valence-corrected chi connectivity index (χ0v) is 14.5. The molecular formula is C18H20FN5O2. The number of anilines is 2. The van der Waals surface area contributed by atoms with Crippen molar-refractivity contribution in [1.82, 2.24) is 14.8 Å². The maximum Gasteiger partial charge on any atom is 0.247 e. The van der Waals surface area contributed by atoms with E-state index >= 15 is 0 Å². The van der Waals surface area contributed by atoms with Crippen molar-refractivity contribution < 1.29 is 14.0 Å². The third kappa shape index (κ3) is 3.49. The van der Waals surface area contributed by atoms with Crippen LogP contribution in [0, 0.1) is 5.82 Å². The molecular weight excluding hydrogens is 337 g/mol. The highest BCUT2D eigenvalue weighted by atomic mass is 19.1. The molecule has 1 atom stereocenters. The van der Waals surface area contributed by atoms with Gasteiger partial charge in [0.25, 0.3) is 0 Å². The minimum atomic E-state index is -0.594. The van der Waals surface area contributed by atoms with Gasteiger partial charge < -0.3 is 15.2 Å². The number of aryl methyl sites for hydroxylation is 1. The Morgan fingerprint density at radius 1 is 1.38 bits per heavy atom. The number of rotatable bonds is 5. The molecule has 0 saturated heterocycles. The van der Waals surface area contributed by atoms with E-state index in [1.807, 2.05) is 11.5 Å². The summed E-state index contributed by atoms with van der Waals surface area (Å²) >= 11 is 0. The summed E-state index contributed by atoms with van der Waals surface area (Å²) in [6, 6.07) is 4.01. The van der Waals surface area contributed by atoms with Crippen LogP contribution >= 0.6 is 0 Å². The average Bonchev–Trinajstić information content (AvgIpc) is 3.07. The van der Waals surface area contributed by atoms with Crippen LogP contribution in [-0.2, 0) is 22.6 Å². The Morgan fingerprint density at radius 2 is 2.19 bits per heavy atom. The highest BCUT2D eigenvalue weighted by molar-refractivity contribution is 6.00. The highest BCUT2D eigenvalue weighted by Crippen LogP contribution is 2.29. The van der Waals surface area contributed by atoms with Gasteiger partial charge in [0.05, 0.1) is 11.6 Å². The first-order valence-corrected chi connectivity index (χ1v) is 8.49. The fourth-order valence-electron chi connectivity index (χ4n) is 3.06. The van der Waals surface area contributed by atoms with Crippen molar-refractivity contribution in [2.75, 3.05) is 10.6 Å². The van der Waals surface area contributed by atoms with Gasteiger partial charge in [-0.2, -0.15) is 0 Å². The van der Waals surface area contributed by atoms with Crippen LogP contribution in [0.1, 0.15) is 37.3 Å². The van der Waals surface area contributed by atoms with Crippen molar-refractivity contribution >= 4 is 23.2 Å². The summed E-state index contributed by atoms with van der Waals surface area (Å²) in [5.41, 5.74) is 0.371. The number of nitrogens with zero attached hydrogens (tertiary/aromatic N) is 3. The number of fused-ring (bicyclic) bond motifs is 1. The van der Waals surface area contributed by atoms with Crippen molar-refractivity contribution in [3.05, 3.63) is 48.3 Å². The van der Waals surface area contributed by atoms with Crippen LogP contribution in [0.2, 0.25) is 0 Å². The summed E-state index contributed by atoms with van der Waals surface area (Å²) in [5, 5.41) is 13.5. The molecule has 8 heteroatoms. The second-order valence-corrected chi connectivity index (χ2v) is 6.05. The van der Waals surface area contributed by atoms with Crippen LogP contribution in [0.4, 0.5) is 15.8 Å². The van der Waals surface area contributed by atoms with E-state index in [-0.39, 0.29) is 11.6 Å². The molecule has 26 heavy (non-hydrogen) atoms. The van der Waals surface area contributed by atoms with Crippen molar-refractivity contribution in [2.24, 2.45) is 0 Å². The Hall–Kier alpha value is -3.03. The Labute approximate surface area is 150 Å². The topological polar surface area (TPSA) is 88.9 Å². The molecule has 1 aromatic carbocycles. The molecule has 1 aromatic heterocycles. The first-order valence-electron chi connectivity index (χ1n) is 8.49. The molecule has 7 nitrogen and oxygen atoms in total. The molecule has 0 radical (unpaired) electrons. The predicted molar refractivity (Wildman–Crippen MR) is 95.2 cm³/mol. The van der Waals surface area contributed by atoms with Crippen LogP contribution < -0.4 is 10.6 Å². The SMILES string of the molecule is C=CC(=O)Nc1cc(NC(=O)C2CCCn3c(CC)nnc32)ccc1F. The zero-order chi connectivity index (χ0) is 18.7. The Bertz CT molecular complexity index is 861. The fraction of sp³-hybridized carbons (Fsp3) is 0.333. The van der Waals surface area contributed by atoms with Crippen LogP contribution in [0.5, 0.6) is 0 Å². The third-order valence-corrected chi connectivity index (χ3v) is 4.35. The van der Waals surface area contributed by atoms with Crippen LogP contribution in [0.25, 0.3) is 0 Å². The van der Waals surface area contributed by atoms with Gasteiger partial charge in [-0.25, -0.2) is 4.39 Å². The number of aromatic nitrogens is 3. The van der Waals surface area contributed by atoms with Gasteiger partial charge in [0.15, 0.2) is 0 Å². The smallest absolute Gasteiger partial charge is 0.247 e. The minimum absolute atomic E-state index is 0.0206. The Balaban J connectivity index is 1.79. The fourth-order valence-corrected chi connectivity index (χ4v) is 3.06. The summed E-state index contributed by atoms with van der Waals surface area (Å²) in [4.78, 5) is 24.1. The molecule has 3 rings (SSSR count). The molecule has 1 aliphatic rings. The van der Waals surface area contributed by atoms with E-state index in [1.165, 1.54) is 18.2 Å². The lowest BCUT2D eigenvalue weighted by Gasteiger charge is -2.23. The van der Waals surface area contributed by atoms with Gasteiger partial charge in [-0.05, 0) is 37.1 Å². The summed E-state index contributed by atoms with van der Waals surface area (Å²) < 4.78 is 15.8. The molecule has 2 heterocycles. The summed E-state index contributed by atoms with van der Waals surface area (Å²) in [7, 11) is 0. The number of nitrogens with one attached hydrogen (secondary N) is 2. The molecule has 0 spiro atoms. The van der Waals surface area contributed by atoms with Gasteiger partial charge in [-0.3, -0.25) is 9.59 Å². The lowest BCUT2D eigenvalue weighted by atomic mass is 9.97. The maximum absolute atomic E-state index is 13.8. The number of hydrogen-bond donors (Lipinski definition) is 2. The van der Waals surface area contributed by atoms with Crippen molar-refractivity contribution in [3.8, 4) is 0 Å². The molecule has 1 aliphatic heterocycles. The molecule has 0 bridgehead atoms. The van der Waals surface area contributed by atoms with Gasteiger partial charge >= 0.3 is 0 Å². The quantitative estimate of drug-likeness (QED) is 0.805. The zero-order valence-electron chi connectivity index (χ0n) is 14.5. The summed E-state index contributed by atoms with van der Waals surface area (Å²) in [5.74, 6) is -0.230. The molecule has 0 saturated carbocycles. The second-order valence-electron chi connectivity index (χ2n) is 6.05. The minimum Gasteiger partial charge on any atom is -0.325 e. The van der Waals surface area contributed by atoms with Crippen molar-refractivity contribution in [3.63, 3.8) is 0 Å². The lowest BCUT2D eigenvalue weighted by molar-refractivity contribution is -0.118. The molecule has 0 aliphatic carbocycles. The maximum atomic E-state index is 13.8. The molecule has 2 aromatic rings. The van der Waals surface area contributed by atoms with E-state index in [9.17, 15) is 14.0 Å². The third-order valence-electron chi connectivity index (χ3n) is 4.35. The van der Waals surface area contributed by atoms with E-state index in [1.54, 1.807) is 0 Å². The van der Waals surface area contributed by atoms with Gasteiger partial charge in [-0.15, -0.1) is 10.2 Å². The Morgan fingerprint density at radius 3 is 2.92 bits per heavy atom. The number of benzene rings is 1. The highest BCUT2D eigenvalue weighted by Gasteiger charge is 2.30. The monoisotopic (exact) mass is 357 g/mol. The van der Waals surface area contributed by atoms with E-state index in [0.29, 0.717) is 17.9 Å². The van der Waals surface area contributed by atoms with Gasteiger partial charge in [0, 0.05) is 18.7 Å². The van der Waals surface area contributed by atoms with E-state index in [0.717, 1.165) is 31.3 Å². The lowest BCUT2D eigenvalue weighted by Crippen LogP contribution is -2.28. The second kappa shape index (κ2) is 7.47. The molecule has 2 N–H and O–H groups in total. The number of hydrogen-bond acceptors (Lipinski definition) is 4. The van der Waals surface area contributed by atoms with Crippen LogP contribution in [0.3, 0.4) is 0 Å². The van der Waals surface area contributed by atoms with Gasteiger partial charge in [-0.1, -0.05) is 13.5 Å². The largest absolute Gasteiger partial charge is 0.325 e. The number of carbonyl (C=O) groups excluding carboxylic acids is 2. The number of carbonyl (C=O) groups is 2. The predicted octanol–water partition coefficient (Wildman–Crippen LogP) is 2.62. The van der Waals surface area contributed by atoms with E-state index < -0.39 is 17.6 Å². The molecule has 1 unspecified atom stereocenters. The Kier molecular flexibility index (Phi) is 5.11. The molecule has 0 fully saturated rings. The standard InChI is InChI=1S/C18H20FN5O2/c1-3-15-22-23-17-12(6-5-9-24(15)17)18(26)20-11-7-8-13(19)14(10-11)21-16(25)4-2/h4,7-8,10,12H,2-3,5-6,9H2,1H3,(H,20,26)(H,21,25).